The average Bonchev–Trinajstić information content (AvgIpc) is 3.09. The highest BCUT2D eigenvalue weighted by molar-refractivity contribution is 5.79. The normalized spacial score (nSPS) is 10.9. The van der Waals surface area contributed by atoms with E-state index in [2.05, 4.69) is 5.10 Å². The molecule has 2 aromatic carbocycles. The molecular formula is C18H16N4O2. The maximum Gasteiger partial charge on any atom is 0.269 e. The number of hydrogen-bond acceptors (Lipinski definition) is 4. The maximum absolute atomic E-state index is 10.7. The van der Waals surface area contributed by atoms with Crippen molar-refractivity contribution in [2.45, 2.75) is 0 Å². The van der Waals surface area contributed by atoms with Crippen LogP contribution >= 0.6 is 0 Å². The van der Waals surface area contributed by atoms with E-state index in [-0.39, 0.29) is 5.69 Å². The first-order valence-electron chi connectivity index (χ1n) is 7.40. The van der Waals surface area contributed by atoms with Gasteiger partial charge < -0.3 is 4.57 Å². The summed E-state index contributed by atoms with van der Waals surface area (Å²) < 4.78 is 1.92. The summed E-state index contributed by atoms with van der Waals surface area (Å²) in [5.74, 6) is 0. The van der Waals surface area contributed by atoms with Gasteiger partial charge in [-0.3, -0.25) is 15.1 Å². The molecule has 0 atom stereocenters. The molecule has 0 unspecified atom stereocenters. The zero-order valence-electron chi connectivity index (χ0n) is 13.1. The highest BCUT2D eigenvalue weighted by atomic mass is 16.6. The van der Waals surface area contributed by atoms with E-state index in [0.29, 0.717) is 0 Å². The minimum absolute atomic E-state index is 0.0740. The van der Waals surface area contributed by atoms with E-state index in [1.807, 2.05) is 60.3 Å². The Kier molecular flexibility index (Phi) is 4.38. The molecule has 0 aliphatic rings. The van der Waals surface area contributed by atoms with Crippen molar-refractivity contribution in [1.29, 1.82) is 0 Å². The van der Waals surface area contributed by atoms with Crippen LogP contribution in [0.3, 0.4) is 0 Å². The van der Waals surface area contributed by atoms with Crippen molar-refractivity contribution in [3.63, 3.8) is 0 Å². The average molecular weight is 320 g/mol. The Hall–Kier alpha value is -3.41. The van der Waals surface area contributed by atoms with E-state index in [1.54, 1.807) is 23.4 Å². The van der Waals surface area contributed by atoms with E-state index in [0.717, 1.165) is 17.1 Å². The number of rotatable bonds is 5. The minimum Gasteiger partial charge on any atom is -0.316 e. The van der Waals surface area contributed by atoms with Crippen molar-refractivity contribution in [3.05, 3.63) is 88.7 Å². The molecule has 1 aromatic heterocycles. The number of non-ortho nitro benzene ring substituents is 1. The van der Waals surface area contributed by atoms with E-state index in [9.17, 15) is 10.1 Å². The molecule has 0 fully saturated rings. The molecule has 0 saturated carbocycles. The van der Waals surface area contributed by atoms with E-state index in [1.165, 1.54) is 12.1 Å². The second kappa shape index (κ2) is 6.78. The van der Waals surface area contributed by atoms with Gasteiger partial charge in [0.25, 0.3) is 5.69 Å². The Morgan fingerprint density at radius 3 is 2.42 bits per heavy atom. The van der Waals surface area contributed by atoms with Crippen LogP contribution in [0.1, 0.15) is 5.69 Å². The molecule has 0 aliphatic heterocycles. The second-order valence-electron chi connectivity index (χ2n) is 5.18. The summed E-state index contributed by atoms with van der Waals surface area (Å²) in [5.41, 5.74) is 2.79. The molecule has 0 N–H and O–H groups in total. The molecule has 0 aliphatic carbocycles. The molecule has 24 heavy (non-hydrogen) atoms. The van der Waals surface area contributed by atoms with Crippen molar-refractivity contribution < 1.29 is 4.92 Å². The molecule has 0 saturated heterocycles. The van der Waals surface area contributed by atoms with Crippen LogP contribution in [0.4, 0.5) is 11.4 Å². The summed E-state index contributed by atoms with van der Waals surface area (Å²) >= 11 is 0. The summed E-state index contributed by atoms with van der Waals surface area (Å²) in [6, 6.07) is 20.1. The van der Waals surface area contributed by atoms with Crippen LogP contribution in [0.2, 0.25) is 0 Å². The Labute approximate surface area is 139 Å². The molecule has 0 radical (unpaired) electrons. The lowest BCUT2D eigenvalue weighted by molar-refractivity contribution is -0.384. The third-order valence-corrected chi connectivity index (χ3v) is 3.61. The number of aromatic nitrogens is 1. The van der Waals surface area contributed by atoms with Gasteiger partial charge >= 0.3 is 0 Å². The van der Waals surface area contributed by atoms with E-state index >= 15 is 0 Å². The summed E-state index contributed by atoms with van der Waals surface area (Å²) in [6.45, 7) is 0. The van der Waals surface area contributed by atoms with Crippen molar-refractivity contribution in [3.8, 4) is 5.69 Å². The molecule has 120 valence electrons. The lowest BCUT2D eigenvalue weighted by atomic mass is 10.3. The SMILES string of the molecule is CN(/N=C/c1cccn1-c1ccc([N+](=O)[O-])cc1)c1ccccc1. The summed E-state index contributed by atoms with van der Waals surface area (Å²) in [5, 5.41) is 17.0. The van der Waals surface area contributed by atoms with Crippen LogP contribution in [0.5, 0.6) is 0 Å². The lowest BCUT2D eigenvalue weighted by Gasteiger charge is -2.12. The highest BCUT2D eigenvalue weighted by Gasteiger charge is 2.06. The van der Waals surface area contributed by atoms with Crippen LogP contribution < -0.4 is 5.01 Å². The molecule has 0 bridgehead atoms. The minimum atomic E-state index is -0.406. The van der Waals surface area contributed by atoms with Crippen LogP contribution in [0.25, 0.3) is 5.69 Å². The monoisotopic (exact) mass is 320 g/mol. The zero-order valence-corrected chi connectivity index (χ0v) is 13.1. The smallest absolute Gasteiger partial charge is 0.269 e. The van der Waals surface area contributed by atoms with Crippen LogP contribution in [-0.4, -0.2) is 22.8 Å². The van der Waals surface area contributed by atoms with E-state index < -0.39 is 4.92 Å². The van der Waals surface area contributed by atoms with Crippen molar-refractivity contribution >= 4 is 17.6 Å². The third kappa shape index (κ3) is 3.33. The van der Waals surface area contributed by atoms with Gasteiger partial charge in [0.1, 0.15) is 0 Å². The standard InChI is InChI=1S/C18H16N4O2/c1-20(15-6-3-2-4-7-15)19-14-18-8-5-13-21(18)16-9-11-17(12-10-16)22(23)24/h2-14H,1H3/b19-14+. The van der Waals surface area contributed by atoms with Gasteiger partial charge in [0.2, 0.25) is 0 Å². The summed E-state index contributed by atoms with van der Waals surface area (Å²) in [6.07, 6.45) is 3.65. The Balaban J connectivity index is 1.82. The van der Waals surface area contributed by atoms with E-state index in [4.69, 9.17) is 0 Å². The predicted octanol–water partition coefficient (Wildman–Crippen LogP) is 3.86. The van der Waals surface area contributed by atoms with Crippen LogP contribution in [0, 0.1) is 10.1 Å². The molecule has 0 amide bonds. The number of nitro benzene ring substituents is 1. The van der Waals surface area contributed by atoms with Gasteiger partial charge in [-0.1, -0.05) is 18.2 Å². The van der Waals surface area contributed by atoms with Crippen molar-refractivity contribution in [2.75, 3.05) is 12.1 Å². The molecule has 6 nitrogen and oxygen atoms in total. The molecule has 0 spiro atoms. The largest absolute Gasteiger partial charge is 0.316 e. The number of hydrogen-bond donors (Lipinski definition) is 0. The molecular weight excluding hydrogens is 304 g/mol. The third-order valence-electron chi connectivity index (χ3n) is 3.61. The maximum atomic E-state index is 10.7. The van der Waals surface area contributed by atoms with Gasteiger partial charge in [-0.15, -0.1) is 0 Å². The van der Waals surface area contributed by atoms with Gasteiger partial charge in [-0.05, 0) is 36.4 Å². The number of para-hydroxylation sites is 1. The molecule has 3 aromatic rings. The van der Waals surface area contributed by atoms with Crippen molar-refractivity contribution in [1.82, 2.24) is 4.57 Å². The van der Waals surface area contributed by atoms with Gasteiger partial charge in [-0.25, -0.2) is 0 Å². The topological polar surface area (TPSA) is 63.7 Å². The fourth-order valence-corrected chi connectivity index (χ4v) is 2.33. The van der Waals surface area contributed by atoms with Crippen molar-refractivity contribution in [2.24, 2.45) is 5.10 Å². The highest BCUT2D eigenvalue weighted by Crippen LogP contribution is 2.17. The molecule has 1 heterocycles. The number of anilines is 1. The zero-order chi connectivity index (χ0) is 16.9. The van der Waals surface area contributed by atoms with Gasteiger partial charge in [0.05, 0.1) is 22.5 Å². The van der Waals surface area contributed by atoms with Gasteiger partial charge in [0, 0.05) is 31.1 Å². The Morgan fingerprint density at radius 2 is 1.75 bits per heavy atom. The number of hydrazone groups is 1. The predicted molar refractivity (Wildman–Crippen MR) is 94.9 cm³/mol. The fourth-order valence-electron chi connectivity index (χ4n) is 2.33. The Morgan fingerprint density at radius 1 is 1.04 bits per heavy atom. The first-order valence-corrected chi connectivity index (χ1v) is 7.40. The quantitative estimate of drug-likeness (QED) is 0.407. The summed E-state index contributed by atoms with van der Waals surface area (Å²) in [4.78, 5) is 10.3. The number of nitrogens with zero attached hydrogens (tertiary/aromatic N) is 4. The van der Waals surface area contributed by atoms with Gasteiger partial charge in [0.15, 0.2) is 0 Å². The van der Waals surface area contributed by atoms with Crippen LogP contribution in [-0.2, 0) is 0 Å². The second-order valence-corrected chi connectivity index (χ2v) is 5.18. The first kappa shape index (κ1) is 15.5. The molecule has 6 heteroatoms. The summed E-state index contributed by atoms with van der Waals surface area (Å²) in [7, 11) is 1.88. The van der Waals surface area contributed by atoms with Crippen LogP contribution in [0.15, 0.2) is 78.0 Å². The fraction of sp³-hybridized carbons (Fsp3) is 0.0556. The number of nitro groups is 1. The Bertz CT molecular complexity index is 854. The first-order chi connectivity index (χ1) is 11.6. The molecule has 3 rings (SSSR count). The number of benzene rings is 2. The van der Waals surface area contributed by atoms with Gasteiger partial charge in [-0.2, -0.15) is 5.10 Å². The lowest BCUT2D eigenvalue weighted by Crippen LogP contribution is -2.09.